The lowest BCUT2D eigenvalue weighted by Gasteiger charge is -2.31. The Bertz CT molecular complexity index is 3960. The van der Waals surface area contributed by atoms with Crippen LogP contribution in [0.15, 0.2) is 251 Å². The molecule has 0 spiro atoms. The molecule has 0 aliphatic carbocycles. The van der Waals surface area contributed by atoms with Gasteiger partial charge in [0.25, 0.3) is 0 Å². The molecule has 4 heteroatoms. The van der Waals surface area contributed by atoms with Gasteiger partial charge in [0.15, 0.2) is 0 Å². The summed E-state index contributed by atoms with van der Waals surface area (Å²) >= 11 is 0. The van der Waals surface area contributed by atoms with Crippen LogP contribution in [-0.4, -0.2) is 0 Å². The summed E-state index contributed by atoms with van der Waals surface area (Å²) < 4.78 is 12.9. The van der Waals surface area contributed by atoms with Crippen molar-refractivity contribution in [2.24, 2.45) is 0 Å². The van der Waals surface area contributed by atoms with Crippen LogP contribution in [0.3, 0.4) is 0 Å². The molecule has 0 N–H and O–H groups in total. The van der Waals surface area contributed by atoms with Crippen LogP contribution in [-0.2, 0) is 0 Å². The predicted octanol–water partition coefficient (Wildman–Crippen LogP) is 18.1. The zero-order valence-corrected chi connectivity index (χ0v) is 35.8. The van der Waals surface area contributed by atoms with Gasteiger partial charge in [0.2, 0.25) is 0 Å². The van der Waals surface area contributed by atoms with Gasteiger partial charge in [-0.1, -0.05) is 158 Å². The zero-order valence-electron chi connectivity index (χ0n) is 35.8. The van der Waals surface area contributed by atoms with Crippen LogP contribution in [0, 0.1) is 0 Å². The summed E-state index contributed by atoms with van der Waals surface area (Å²) in [7, 11) is 0. The van der Waals surface area contributed by atoms with E-state index in [1.807, 2.05) is 18.2 Å². The van der Waals surface area contributed by atoms with Gasteiger partial charge in [-0.25, -0.2) is 0 Å². The lowest BCUT2D eigenvalue weighted by molar-refractivity contribution is 0.669. The Morgan fingerprint density at radius 2 is 0.788 bits per heavy atom. The number of para-hydroxylation sites is 4. The second-order valence-corrected chi connectivity index (χ2v) is 16.8. The first kappa shape index (κ1) is 37.7. The molecule has 13 aromatic rings. The molecule has 66 heavy (non-hydrogen) atoms. The van der Waals surface area contributed by atoms with E-state index < -0.39 is 0 Å². The number of hydrogen-bond donors (Lipinski definition) is 0. The molecular formula is C62H40N2O2. The standard InChI is InChI=1S/C62H40N2O2/c1-3-17-41(18-4-1)48-23-7-8-24-49(48)50-25-9-12-28-56(50)63(44-19-5-2-6-20-44)45-21-15-22-46(38-45)64(57-29-16-32-60-62(57)52-27-11-14-31-59(52)65-60)47-36-35-42-33-34-43-37-61-55(40-54(43)53(42)39-47)51-26-10-13-30-58(51)66-61/h1-40H. The molecule has 11 aromatic carbocycles. The van der Waals surface area contributed by atoms with E-state index in [1.165, 1.54) is 32.8 Å². The highest BCUT2D eigenvalue weighted by molar-refractivity contribution is 6.18. The van der Waals surface area contributed by atoms with Crippen LogP contribution >= 0.6 is 0 Å². The van der Waals surface area contributed by atoms with Crippen molar-refractivity contribution in [3.8, 4) is 22.3 Å². The number of fused-ring (bicyclic) bond motifs is 9. The fraction of sp³-hybridized carbons (Fsp3) is 0. The number of rotatable bonds is 8. The van der Waals surface area contributed by atoms with Crippen LogP contribution in [0.5, 0.6) is 0 Å². The van der Waals surface area contributed by atoms with Gasteiger partial charge in [-0.15, -0.1) is 0 Å². The van der Waals surface area contributed by atoms with E-state index in [2.05, 4.69) is 234 Å². The molecule has 0 bridgehead atoms. The van der Waals surface area contributed by atoms with Crippen molar-refractivity contribution in [3.63, 3.8) is 0 Å². The average Bonchev–Trinajstić information content (AvgIpc) is 3.95. The van der Waals surface area contributed by atoms with Gasteiger partial charge in [-0.2, -0.15) is 0 Å². The number of hydrogen-bond acceptors (Lipinski definition) is 4. The highest BCUT2D eigenvalue weighted by atomic mass is 16.3. The normalized spacial score (nSPS) is 11.6. The molecule has 2 aromatic heterocycles. The van der Waals surface area contributed by atoms with Crippen LogP contribution in [0.25, 0.3) is 87.7 Å². The molecule has 0 fully saturated rings. The Labute approximate surface area is 381 Å². The zero-order chi connectivity index (χ0) is 43.6. The summed E-state index contributed by atoms with van der Waals surface area (Å²) in [4.78, 5) is 4.79. The van der Waals surface area contributed by atoms with Gasteiger partial charge < -0.3 is 18.6 Å². The van der Waals surface area contributed by atoms with Crippen molar-refractivity contribution in [2.45, 2.75) is 0 Å². The molecule has 0 saturated carbocycles. The molecule has 0 amide bonds. The summed E-state index contributed by atoms with van der Waals surface area (Å²) in [5.74, 6) is 0. The molecule has 13 rings (SSSR count). The van der Waals surface area contributed by atoms with E-state index in [4.69, 9.17) is 8.83 Å². The Kier molecular flexibility index (Phi) is 8.81. The second kappa shape index (κ2) is 15.4. The quantitative estimate of drug-likeness (QED) is 0.143. The lowest BCUT2D eigenvalue weighted by atomic mass is 9.93. The van der Waals surface area contributed by atoms with Crippen LogP contribution < -0.4 is 9.80 Å². The summed E-state index contributed by atoms with van der Waals surface area (Å²) in [5, 5.41) is 9.01. The van der Waals surface area contributed by atoms with Crippen molar-refractivity contribution in [2.75, 3.05) is 9.80 Å². The van der Waals surface area contributed by atoms with Gasteiger partial charge in [-0.05, 0) is 123 Å². The number of furan rings is 2. The third-order valence-electron chi connectivity index (χ3n) is 13.0. The molecule has 0 aliphatic rings. The Morgan fingerprint density at radius 1 is 0.258 bits per heavy atom. The van der Waals surface area contributed by atoms with E-state index >= 15 is 0 Å². The van der Waals surface area contributed by atoms with Crippen LogP contribution in [0.1, 0.15) is 0 Å². The number of anilines is 6. The predicted molar refractivity (Wildman–Crippen MR) is 276 cm³/mol. The molecule has 0 aliphatic heterocycles. The minimum Gasteiger partial charge on any atom is -0.456 e. The topological polar surface area (TPSA) is 32.8 Å². The molecule has 4 nitrogen and oxygen atoms in total. The smallest absolute Gasteiger partial charge is 0.137 e. The highest BCUT2D eigenvalue weighted by Crippen LogP contribution is 2.48. The van der Waals surface area contributed by atoms with Crippen molar-refractivity contribution >= 4 is 99.5 Å². The van der Waals surface area contributed by atoms with E-state index in [0.29, 0.717) is 0 Å². The SMILES string of the molecule is c1ccc(-c2ccccc2-c2ccccc2N(c2ccccc2)c2cccc(N(c3ccc4ccc5cc6oc7ccccc7c6cc5c4c3)c3cccc4oc5ccccc5c34)c2)cc1. The molecular weight excluding hydrogens is 805 g/mol. The number of benzene rings is 11. The second-order valence-electron chi connectivity index (χ2n) is 16.8. The molecule has 0 radical (unpaired) electrons. The molecule has 0 saturated heterocycles. The molecule has 0 atom stereocenters. The number of nitrogens with zero attached hydrogens (tertiary/aromatic N) is 2. The Hall–Kier alpha value is -8.86. The van der Waals surface area contributed by atoms with Crippen molar-refractivity contribution < 1.29 is 8.83 Å². The van der Waals surface area contributed by atoms with Crippen molar-refractivity contribution in [1.82, 2.24) is 0 Å². The Balaban J connectivity index is 1.04. The van der Waals surface area contributed by atoms with Gasteiger partial charge in [-0.3, -0.25) is 0 Å². The molecule has 2 heterocycles. The van der Waals surface area contributed by atoms with Gasteiger partial charge in [0.1, 0.15) is 22.3 Å². The van der Waals surface area contributed by atoms with Gasteiger partial charge in [0.05, 0.1) is 16.8 Å². The summed E-state index contributed by atoms with van der Waals surface area (Å²) in [5.41, 5.74) is 14.4. The first-order valence-electron chi connectivity index (χ1n) is 22.4. The highest BCUT2D eigenvalue weighted by Gasteiger charge is 2.24. The summed E-state index contributed by atoms with van der Waals surface area (Å²) in [6.45, 7) is 0. The monoisotopic (exact) mass is 844 g/mol. The maximum atomic E-state index is 6.54. The minimum atomic E-state index is 0.840. The van der Waals surface area contributed by atoms with E-state index in [9.17, 15) is 0 Å². The van der Waals surface area contributed by atoms with Gasteiger partial charge >= 0.3 is 0 Å². The van der Waals surface area contributed by atoms with E-state index in [-0.39, 0.29) is 0 Å². The van der Waals surface area contributed by atoms with E-state index in [1.54, 1.807) is 0 Å². The fourth-order valence-corrected chi connectivity index (χ4v) is 10.0. The molecule has 0 unspecified atom stereocenters. The van der Waals surface area contributed by atoms with Crippen LogP contribution in [0.4, 0.5) is 34.1 Å². The lowest BCUT2D eigenvalue weighted by Crippen LogP contribution is -2.14. The summed E-state index contributed by atoms with van der Waals surface area (Å²) in [6.07, 6.45) is 0. The van der Waals surface area contributed by atoms with Crippen LogP contribution in [0.2, 0.25) is 0 Å². The fourth-order valence-electron chi connectivity index (χ4n) is 10.0. The first-order chi connectivity index (χ1) is 32.7. The Morgan fingerprint density at radius 3 is 1.61 bits per heavy atom. The first-order valence-corrected chi connectivity index (χ1v) is 22.4. The average molecular weight is 845 g/mol. The van der Waals surface area contributed by atoms with Gasteiger partial charge in [0, 0.05) is 44.5 Å². The minimum absolute atomic E-state index is 0.840. The van der Waals surface area contributed by atoms with Crippen molar-refractivity contribution in [1.29, 1.82) is 0 Å². The molecule has 310 valence electrons. The van der Waals surface area contributed by atoms with Crippen molar-refractivity contribution in [3.05, 3.63) is 243 Å². The maximum Gasteiger partial charge on any atom is 0.137 e. The maximum absolute atomic E-state index is 6.54. The largest absolute Gasteiger partial charge is 0.456 e. The van der Waals surface area contributed by atoms with E-state index in [0.717, 1.165) is 89.0 Å². The third-order valence-corrected chi connectivity index (χ3v) is 13.0. The third kappa shape index (κ3) is 6.22. The summed E-state index contributed by atoms with van der Waals surface area (Å²) in [6, 6.07) is 86.6.